The van der Waals surface area contributed by atoms with Gasteiger partial charge in [-0.15, -0.1) is 6.58 Å². The fraction of sp³-hybridized carbons (Fsp3) is 0.400. The third-order valence-corrected chi connectivity index (χ3v) is 1.28. The van der Waals surface area contributed by atoms with Gasteiger partial charge in [-0.25, -0.2) is 0 Å². The van der Waals surface area contributed by atoms with E-state index in [9.17, 15) is 0 Å². The molecule has 0 bridgehead atoms. The zero-order valence-corrected chi connectivity index (χ0v) is 6.42. The van der Waals surface area contributed by atoms with Gasteiger partial charge in [0.15, 0.2) is 0 Å². The standard InChI is InChI=1S/C10H15/c1-3-5-7-9-10-8-6-4-2/h1,3-5,7H,2,6,8-10H2/b3-1?,7-5+. The van der Waals surface area contributed by atoms with Crippen LogP contribution in [-0.2, 0) is 0 Å². The van der Waals surface area contributed by atoms with Crippen LogP contribution in [0.1, 0.15) is 25.7 Å². The monoisotopic (exact) mass is 135 g/mol. The van der Waals surface area contributed by atoms with E-state index in [0.717, 1.165) is 12.8 Å². The molecule has 0 aromatic carbocycles. The van der Waals surface area contributed by atoms with E-state index in [4.69, 9.17) is 6.58 Å². The van der Waals surface area contributed by atoms with Crippen molar-refractivity contribution < 1.29 is 0 Å². The molecule has 0 heterocycles. The summed E-state index contributed by atoms with van der Waals surface area (Å²) in [6.45, 7) is 8.79. The SMILES string of the molecule is [CH]=C/C=C/CCCCC=C. The van der Waals surface area contributed by atoms with E-state index in [-0.39, 0.29) is 0 Å². The van der Waals surface area contributed by atoms with Crippen LogP contribution in [0.4, 0.5) is 0 Å². The van der Waals surface area contributed by atoms with Gasteiger partial charge >= 0.3 is 0 Å². The largest absolute Gasteiger partial charge is 0.103 e. The second-order valence-corrected chi connectivity index (χ2v) is 2.19. The highest BCUT2D eigenvalue weighted by Crippen LogP contribution is 2.00. The van der Waals surface area contributed by atoms with Gasteiger partial charge in [0, 0.05) is 0 Å². The average molecular weight is 135 g/mol. The minimum Gasteiger partial charge on any atom is -0.103 e. The maximum absolute atomic E-state index is 5.14. The van der Waals surface area contributed by atoms with Crippen molar-refractivity contribution in [3.05, 3.63) is 37.5 Å². The summed E-state index contributed by atoms with van der Waals surface area (Å²) in [5.74, 6) is 0. The first kappa shape index (κ1) is 9.22. The predicted octanol–water partition coefficient (Wildman–Crippen LogP) is 3.28. The third-order valence-electron chi connectivity index (χ3n) is 1.28. The molecule has 0 aromatic rings. The molecule has 10 heavy (non-hydrogen) atoms. The van der Waals surface area contributed by atoms with Crippen molar-refractivity contribution in [3.63, 3.8) is 0 Å². The number of rotatable bonds is 6. The van der Waals surface area contributed by atoms with Crippen molar-refractivity contribution in [2.75, 3.05) is 0 Å². The van der Waals surface area contributed by atoms with Gasteiger partial charge in [-0.1, -0.05) is 30.9 Å². The van der Waals surface area contributed by atoms with Gasteiger partial charge in [0.05, 0.1) is 0 Å². The molecule has 0 aliphatic carbocycles. The molecule has 0 spiro atoms. The topological polar surface area (TPSA) is 0 Å². The predicted molar refractivity (Wildman–Crippen MR) is 46.7 cm³/mol. The van der Waals surface area contributed by atoms with Crippen LogP contribution in [0.3, 0.4) is 0 Å². The quantitative estimate of drug-likeness (QED) is 0.298. The Hall–Kier alpha value is -0.780. The van der Waals surface area contributed by atoms with Crippen molar-refractivity contribution in [2.24, 2.45) is 0 Å². The fourth-order valence-corrected chi connectivity index (χ4v) is 0.726. The molecular formula is C10H15. The summed E-state index contributed by atoms with van der Waals surface area (Å²) in [5.41, 5.74) is 0. The Labute approximate surface area is 64.0 Å². The summed E-state index contributed by atoms with van der Waals surface area (Å²) in [6, 6.07) is 0. The smallest absolute Gasteiger partial charge is 0.0347 e. The van der Waals surface area contributed by atoms with Gasteiger partial charge in [-0.2, -0.15) is 0 Å². The molecule has 0 aliphatic rings. The molecule has 0 aromatic heterocycles. The minimum atomic E-state index is 1.13. The summed E-state index contributed by atoms with van der Waals surface area (Å²) >= 11 is 0. The van der Waals surface area contributed by atoms with E-state index >= 15 is 0 Å². The number of hydrogen-bond acceptors (Lipinski definition) is 0. The van der Waals surface area contributed by atoms with Crippen molar-refractivity contribution >= 4 is 0 Å². The molecule has 0 aliphatic heterocycles. The maximum Gasteiger partial charge on any atom is -0.0347 e. The lowest BCUT2D eigenvalue weighted by Crippen LogP contribution is -1.70. The normalized spacial score (nSPS) is 10.0. The summed E-state index contributed by atoms with van der Waals surface area (Å²) in [5, 5.41) is 0. The summed E-state index contributed by atoms with van der Waals surface area (Å²) in [4.78, 5) is 0. The molecule has 0 nitrogen and oxygen atoms in total. The third kappa shape index (κ3) is 7.22. The Morgan fingerprint density at radius 3 is 2.50 bits per heavy atom. The second kappa shape index (κ2) is 8.22. The number of hydrogen-bond donors (Lipinski definition) is 0. The Balaban J connectivity index is 2.96. The Morgan fingerprint density at radius 2 is 1.90 bits per heavy atom. The first-order valence-electron chi connectivity index (χ1n) is 3.72. The Morgan fingerprint density at radius 1 is 1.20 bits per heavy atom. The first-order valence-corrected chi connectivity index (χ1v) is 3.72. The van der Waals surface area contributed by atoms with Crippen molar-refractivity contribution in [1.82, 2.24) is 0 Å². The molecule has 0 heteroatoms. The molecule has 0 saturated heterocycles. The molecule has 55 valence electrons. The van der Waals surface area contributed by atoms with E-state index in [0.29, 0.717) is 0 Å². The second-order valence-electron chi connectivity index (χ2n) is 2.19. The molecule has 1 radical (unpaired) electrons. The summed E-state index contributed by atoms with van der Waals surface area (Å²) in [6.07, 6.45) is 12.2. The Bertz CT molecular complexity index is 109. The van der Waals surface area contributed by atoms with E-state index < -0.39 is 0 Å². The van der Waals surface area contributed by atoms with Gasteiger partial charge in [0.25, 0.3) is 0 Å². The van der Waals surface area contributed by atoms with Crippen LogP contribution in [0.5, 0.6) is 0 Å². The molecule has 0 atom stereocenters. The molecule has 0 rings (SSSR count). The highest BCUT2D eigenvalue weighted by Gasteiger charge is 1.80. The lowest BCUT2D eigenvalue weighted by atomic mass is 10.2. The van der Waals surface area contributed by atoms with Crippen LogP contribution in [-0.4, -0.2) is 0 Å². The van der Waals surface area contributed by atoms with E-state index in [1.807, 2.05) is 12.2 Å². The molecule has 0 unspecified atom stereocenters. The highest BCUT2D eigenvalue weighted by atomic mass is 13.9. The molecular weight excluding hydrogens is 120 g/mol. The highest BCUT2D eigenvalue weighted by molar-refractivity contribution is 4.95. The van der Waals surface area contributed by atoms with Crippen LogP contribution < -0.4 is 0 Å². The van der Waals surface area contributed by atoms with Crippen LogP contribution >= 0.6 is 0 Å². The zero-order chi connectivity index (χ0) is 7.66. The van der Waals surface area contributed by atoms with Crippen LogP contribution in [0, 0.1) is 6.58 Å². The zero-order valence-electron chi connectivity index (χ0n) is 6.42. The van der Waals surface area contributed by atoms with Gasteiger partial charge in [0.1, 0.15) is 0 Å². The van der Waals surface area contributed by atoms with Crippen molar-refractivity contribution in [3.8, 4) is 0 Å². The summed E-state index contributed by atoms with van der Waals surface area (Å²) in [7, 11) is 0. The molecule has 0 saturated carbocycles. The first-order chi connectivity index (χ1) is 4.91. The van der Waals surface area contributed by atoms with E-state index in [1.165, 1.54) is 12.8 Å². The lowest BCUT2D eigenvalue weighted by Gasteiger charge is -1.90. The number of allylic oxidation sites excluding steroid dienone is 4. The maximum atomic E-state index is 5.14. The molecule has 0 N–H and O–H groups in total. The van der Waals surface area contributed by atoms with Crippen LogP contribution in [0.15, 0.2) is 30.9 Å². The van der Waals surface area contributed by atoms with Crippen LogP contribution in [0.2, 0.25) is 0 Å². The molecule has 0 fully saturated rings. The minimum absolute atomic E-state index is 1.13. The fourth-order valence-electron chi connectivity index (χ4n) is 0.726. The van der Waals surface area contributed by atoms with Crippen molar-refractivity contribution in [2.45, 2.75) is 25.7 Å². The number of unbranched alkanes of at least 4 members (excludes halogenated alkanes) is 3. The van der Waals surface area contributed by atoms with Crippen LogP contribution in [0.25, 0.3) is 0 Å². The summed E-state index contributed by atoms with van der Waals surface area (Å²) < 4.78 is 0. The van der Waals surface area contributed by atoms with E-state index in [2.05, 4.69) is 12.7 Å². The van der Waals surface area contributed by atoms with Gasteiger partial charge in [-0.05, 0) is 25.7 Å². The Kier molecular flexibility index (Phi) is 7.58. The average Bonchev–Trinajstić information content (AvgIpc) is 1.97. The van der Waals surface area contributed by atoms with Gasteiger partial charge < -0.3 is 0 Å². The van der Waals surface area contributed by atoms with Gasteiger partial charge in [-0.3, -0.25) is 0 Å². The van der Waals surface area contributed by atoms with Crippen molar-refractivity contribution in [1.29, 1.82) is 0 Å². The lowest BCUT2D eigenvalue weighted by molar-refractivity contribution is 0.763. The molecule has 0 amide bonds. The van der Waals surface area contributed by atoms with Gasteiger partial charge in [0.2, 0.25) is 0 Å². The van der Waals surface area contributed by atoms with E-state index in [1.54, 1.807) is 6.08 Å².